The Kier molecular flexibility index (Phi) is 3.99. The maximum absolute atomic E-state index is 12.0. The maximum Gasteiger partial charge on any atom is 0.389 e. The van der Waals surface area contributed by atoms with Gasteiger partial charge in [0.2, 0.25) is 0 Å². The van der Waals surface area contributed by atoms with Crippen LogP contribution in [0.4, 0.5) is 13.2 Å². The molecule has 0 aromatic rings. The first-order chi connectivity index (χ1) is 5.19. The number of hydrogen-bond acceptors (Lipinski definition) is 1. The molecule has 0 N–H and O–H groups in total. The van der Waals surface area contributed by atoms with Gasteiger partial charge in [-0.2, -0.15) is 13.2 Å². The third-order valence-electron chi connectivity index (χ3n) is 2.25. The Morgan fingerprint density at radius 1 is 1.42 bits per heavy atom. The molecular weight excluding hydrogens is 201 g/mol. The van der Waals surface area contributed by atoms with Crippen LogP contribution in [0.2, 0.25) is 18.6 Å². The second kappa shape index (κ2) is 3.93. The molecule has 12 heavy (non-hydrogen) atoms. The van der Waals surface area contributed by atoms with Crippen molar-refractivity contribution in [2.75, 3.05) is 0 Å². The molecule has 0 radical (unpaired) electrons. The van der Waals surface area contributed by atoms with Crippen LogP contribution in [0.3, 0.4) is 0 Å². The first-order valence-corrected chi connectivity index (χ1v) is 7.61. The zero-order valence-electron chi connectivity index (χ0n) is 7.83. The van der Waals surface area contributed by atoms with E-state index in [2.05, 4.69) is 0 Å². The van der Waals surface area contributed by atoms with Crippen molar-refractivity contribution in [1.82, 2.24) is 0 Å². The first kappa shape index (κ1) is 12.2. The van der Waals surface area contributed by atoms with Gasteiger partial charge in [0.25, 0.3) is 0 Å². The van der Waals surface area contributed by atoms with Crippen molar-refractivity contribution >= 4 is 18.8 Å². The van der Waals surface area contributed by atoms with Gasteiger partial charge in [0.05, 0.1) is 0 Å². The predicted octanol–water partition coefficient (Wildman–Crippen LogP) is 1.83. The highest BCUT2D eigenvalue weighted by Crippen LogP contribution is 2.34. The van der Waals surface area contributed by atoms with Crippen LogP contribution in [0.25, 0.3) is 0 Å². The van der Waals surface area contributed by atoms with Crippen LogP contribution in [0.15, 0.2) is 0 Å². The lowest BCUT2D eigenvalue weighted by Gasteiger charge is -2.28. The van der Waals surface area contributed by atoms with E-state index in [0.29, 0.717) is 10.5 Å². The number of alkyl halides is 3. The summed E-state index contributed by atoms with van der Waals surface area (Å²) in [5.41, 5.74) is -0.352. The molecule has 0 amide bonds. The Morgan fingerprint density at radius 2 is 1.83 bits per heavy atom. The van der Waals surface area contributed by atoms with Gasteiger partial charge in [-0.15, -0.1) is 0 Å². The second-order valence-corrected chi connectivity index (χ2v) is 9.35. The molecule has 0 bridgehead atoms. The van der Waals surface area contributed by atoms with Crippen LogP contribution in [0, 0.1) is 0 Å². The van der Waals surface area contributed by atoms with Crippen LogP contribution < -0.4 is 0 Å². The van der Waals surface area contributed by atoms with E-state index in [9.17, 15) is 13.2 Å². The zero-order chi connectivity index (χ0) is 9.99. The maximum atomic E-state index is 12.0. The molecule has 0 saturated carbocycles. The summed E-state index contributed by atoms with van der Waals surface area (Å²) >= 11 is 0. The van der Waals surface area contributed by atoms with Crippen molar-refractivity contribution in [3.8, 4) is 0 Å². The Balaban J connectivity index is 4.13. The van der Waals surface area contributed by atoms with E-state index >= 15 is 0 Å². The Hall–Kier alpha value is 0.184. The lowest BCUT2D eigenvalue weighted by molar-refractivity contribution is -0.135. The van der Waals surface area contributed by atoms with Crippen molar-refractivity contribution < 1.29 is 17.3 Å². The molecule has 1 nitrogen and oxygen atoms in total. The fraction of sp³-hybridized carbons (Fsp3) is 1.00. The highest BCUT2D eigenvalue weighted by Gasteiger charge is 2.38. The molecule has 74 valence electrons. The minimum Gasteiger partial charge on any atom is -0.463 e. The summed E-state index contributed by atoms with van der Waals surface area (Å²) in [5, 5.41) is 0. The molecule has 1 atom stereocenters. The lowest BCUT2D eigenvalue weighted by Crippen LogP contribution is -2.36. The van der Waals surface area contributed by atoms with Gasteiger partial charge >= 0.3 is 6.18 Å². The highest BCUT2D eigenvalue weighted by molar-refractivity contribution is 6.75. The quantitative estimate of drug-likeness (QED) is 0.654. The fourth-order valence-electron chi connectivity index (χ4n) is 0.794. The monoisotopic (exact) mass is 216 g/mol. The van der Waals surface area contributed by atoms with E-state index in [0.717, 1.165) is 0 Å². The zero-order valence-corrected chi connectivity index (χ0v) is 10.8. The molecule has 0 spiro atoms. The molecule has 0 aliphatic heterocycles. The molecule has 0 rings (SSSR count). The molecule has 0 fully saturated rings. The summed E-state index contributed by atoms with van der Waals surface area (Å²) in [5.74, 6) is 0. The predicted molar refractivity (Wildman–Crippen MR) is 48.6 cm³/mol. The van der Waals surface area contributed by atoms with Gasteiger partial charge < -0.3 is 4.12 Å². The highest BCUT2D eigenvalue weighted by atomic mass is 28.4. The first-order valence-electron chi connectivity index (χ1n) is 3.81. The lowest BCUT2D eigenvalue weighted by atomic mass is 10.3. The minimum absolute atomic E-state index is 0.352. The van der Waals surface area contributed by atoms with Gasteiger partial charge in [0.1, 0.15) is 10.5 Å². The molecule has 0 aliphatic carbocycles. The van der Waals surface area contributed by atoms with Crippen LogP contribution in [0.1, 0.15) is 13.3 Å². The SMILES string of the molecule is CC(CC(F)(F)F)[Si](C)(C)O[SiH3]. The Bertz CT molecular complexity index is 146. The van der Waals surface area contributed by atoms with Crippen molar-refractivity contribution in [2.45, 2.75) is 38.2 Å². The summed E-state index contributed by atoms with van der Waals surface area (Å²) in [6.07, 6.45) is -4.77. The van der Waals surface area contributed by atoms with Crippen molar-refractivity contribution in [2.24, 2.45) is 0 Å². The van der Waals surface area contributed by atoms with E-state index in [-0.39, 0.29) is 5.54 Å². The summed E-state index contributed by atoms with van der Waals surface area (Å²) < 4.78 is 41.1. The third kappa shape index (κ3) is 4.27. The van der Waals surface area contributed by atoms with Gasteiger partial charge in [0, 0.05) is 6.42 Å². The van der Waals surface area contributed by atoms with E-state index in [1.54, 1.807) is 6.92 Å². The van der Waals surface area contributed by atoms with E-state index < -0.39 is 20.9 Å². The molecular formula is C6H15F3OSi2. The molecule has 0 heterocycles. The van der Waals surface area contributed by atoms with Crippen LogP contribution in [-0.2, 0) is 4.12 Å². The standard InChI is InChI=1S/C6H15F3OSi2/c1-5(4-6(7,8)9)12(2,3)10-11/h5H,4H2,1-3,11H3. The number of halogens is 3. The average molecular weight is 216 g/mol. The van der Waals surface area contributed by atoms with E-state index in [4.69, 9.17) is 4.12 Å². The minimum atomic E-state index is -4.05. The second-order valence-electron chi connectivity index (χ2n) is 3.53. The van der Waals surface area contributed by atoms with Gasteiger partial charge in [-0.05, 0) is 18.6 Å². The summed E-state index contributed by atoms with van der Waals surface area (Å²) in [4.78, 5) is 0. The molecule has 1 unspecified atom stereocenters. The van der Waals surface area contributed by atoms with Crippen molar-refractivity contribution in [1.29, 1.82) is 0 Å². The van der Waals surface area contributed by atoms with Crippen molar-refractivity contribution in [3.63, 3.8) is 0 Å². The Labute approximate surface area is 75.0 Å². The fourth-order valence-corrected chi connectivity index (χ4v) is 3.13. The smallest absolute Gasteiger partial charge is 0.389 e. The summed E-state index contributed by atoms with van der Waals surface area (Å²) in [6, 6.07) is 0. The normalized spacial score (nSPS) is 16.5. The molecule has 6 heteroatoms. The summed E-state index contributed by atoms with van der Waals surface area (Å²) in [7, 11) is -1.52. The van der Waals surface area contributed by atoms with Crippen molar-refractivity contribution in [3.05, 3.63) is 0 Å². The molecule has 0 aromatic carbocycles. The molecule has 0 aromatic heterocycles. The van der Waals surface area contributed by atoms with Crippen LogP contribution in [0.5, 0.6) is 0 Å². The van der Waals surface area contributed by atoms with Gasteiger partial charge in [-0.3, -0.25) is 0 Å². The summed E-state index contributed by atoms with van der Waals surface area (Å²) in [6.45, 7) is 5.28. The van der Waals surface area contributed by atoms with Gasteiger partial charge in [-0.1, -0.05) is 6.92 Å². The topological polar surface area (TPSA) is 9.23 Å². The van der Waals surface area contributed by atoms with Gasteiger partial charge in [-0.25, -0.2) is 0 Å². The van der Waals surface area contributed by atoms with Crippen LogP contribution >= 0.6 is 0 Å². The molecule has 0 aliphatic rings. The largest absolute Gasteiger partial charge is 0.463 e. The number of rotatable bonds is 3. The average Bonchev–Trinajstić information content (AvgIpc) is 1.84. The Morgan fingerprint density at radius 3 is 2.08 bits per heavy atom. The van der Waals surface area contributed by atoms with E-state index in [1.165, 1.54) is 0 Å². The van der Waals surface area contributed by atoms with Crippen LogP contribution in [-0.4, -0.2) is 25.0 Å². The van der Waals surface area contributed by atoms with E-state index in [1.807, 2.05) is 13.1 Å². The number of hydrogen-bond donors (Lipinski definition) is 0. The van der Waals surface area contributed by atoms with Gasteiger partial charge in [0.15, 0.2) is 8.32 Å². The molecule has 0 saturated heterocycles. The third-order valence-corrected chi connectivity index (χ3v) is 9.04.